The number of anilines is 1. The molecule has 4 nitrogen and oxygen atoms in total. The number of para-hydroxylation sites is 2. The molecule has 1 amide bonds. The summed E-state index contributed by atoms with van der Waals surface area (Å²) in [5.74, 6) is -0.251. The third-order valence-corrected chi connectivity index (χ3v) is 2.86. The summed E-state index contributed by atoms with van der Waals surface area (Å²) >= 11 is 0. The van der Waals surface area contributed by atoms with Crippen LogP contribution in [0, 0.1) is 6.92 Å². The largest absolute Gasteiger partial charge is 0.504 e. The van der Waals surface area contributed by atoms with Gasteiger partial charge in [0.15, 0.2) is 11.5 Å². The van der Waals surface area contributed by atoms with Crippen molar-refractivity contribution in [3.8, 4) is 11.5 Å². The highest BCUT2D eigenvalue weighted by molar-refractivity contribution is 6.06. The van der Waals surface area contributed by atoms with Crippen molar-refractivity contribution in [2.75, 3.05) is 12.4 Å². The molecular formula is C15H15NO3. The number of phenols is 1. The van der Waals surface area contributed by atoms with Gasteiger partial charge < -0.3 is 15.2 Å². The van der Waals surface area contributed by atoms with E-state index >= 15 is 0 Å². The highest BCUT2D eigenvalue weighted by Crippen LogP contribution is 2.30. The van der Waals surface area contributed by atoms with Gasteiger partial charge in [-0.05, 0) is 30.7 Å². The van der Waals surface area contributed by atoms with E-state index in [1.165, 1.54) is 7.11 Å². The lowest BCUT2D eigenvalue weighted by atomic mass is 10.1. The van der Waals surface area contributed by atoms with E-state index in [2.05, 4.69) is 5.32 Å². The summed E-state index contributed by atoms with van der Waals surface area (Å²) in [6, 6.07) is 12.3. The van der Waals surface area contributed by atoms with Crippen LogP contribution in [0.3, 0.4) is 0 Å². The summed E-state index contributed by atoms with van der Waals surface area (Å²) in [5, 5.41) is 12.7. The molecular weight excluding hydrogens is 242 g/mol. The highest BCUT2D eigenvalue weighted by atomic mass is 16.5. The number of ether oxygens (including phenoxy) is 1. The van der Waals surface area contributed by atoms with Crippen LogP contribution in [0.1, 0.15) is 15.9 Å². The molecule has 0 aromatic heterocycles. The molecule has 98 valence electrons. The number of amides is 1. The van der Waals surface area contributed by atoms with Crippen molar-refractivity contribution in [2.45, 2.75) is 6.92 Å². The van der Waals surface area contributed by atoms with Gasteiger partial charge in [-0.25, -0.2) is 0 Å². The molecule has 0 aliphatic heterocycles. The molecule has 0 radical (unpaired) electrons. The van der Waals surface area contributed by atoms with Crippen molar-refractivity contribution in [1.82, 2.24) is 0 Å². The van der Waals surface area contributed by atoms with Crippen molar-refractivity contribution in [1.29, 1.82) is 0 Å². The normalized spacial score (nSPS) is 10.0. The number of aryl methyl sites for hydroxylation is 1. The zero-order valence-corrected chi connectivity index (χ0v) is 10.8. The maximum atomic E-state index is 12.1. The maximum Gasteiger partial charge on any atom is 0.259 e. The molecule has 2 N–H and O–H groups in total. The average molecular weight is 257 g/mol. The first-order valence-corrected chi connectivity index (χ1v) is 5.86. The second-order valence-corrected chi connectivity index (χ2v) is 4.13. The number of hydrogen-bond acceptors (Lipinski definition) is 3. The quantitative estimate of drug-likeness (QED) is 0.888. The van der Waals surface area contributed by atoms with E-state index < -0.39 is 0 Å². The maximum absolute atomic E-state index is 12.1. The second-order valence-electron chi connectivity index (χ2n) is 4.13. The molecule has 19 heavy (non-hydrogen) atoms. The summed E-state index contributed by atoms with van der Waals surface area (Å²) in [7, 11) is 1.44. The minimum atomic E-state index is -0.370. The van der Waals surface area contributed by atoms with Crippen molar-refractivity contribution in [3.63, 3.8) is 0 Å². The SMILES string of the molecule is COc1cccc(C(=O)Nc2ccccc2C)c1O. The molecule has 0 heterocycles. The average Bonchev–Trinajstić information content (AvgIpc) is 2.41. The molecule has 0 fully saturated rings. The predicted octanol–water partition coefficient (Wildman–Crippen LogP) is 2.96. The van der Waals surface area contributed by atoms with E-state index in [4.69, 9.17) is 4.74 Å². The van der Waals surface area contributed by atoms with Gasteiger partial charge in [-0.2, -0.15) is 0 Å². The van der Waals surface area contributed by atoms with Gasteiger partial charge in [0.2, 0.25) is 0 Å². The fourth-order valence-corrected chi connectivity index (χ4v) is 1.77. The Morgan fingerprint density at radius 1 is 1.16 bits per heavy atom. The lowest BCUT2D eigenvalue weighted by Crippen LogP contribution is -2.13. The standard InChI is InChI=1S/C15H15NO3/c1-10-6-3-4-8-12(10)16-15(18)11-7-5-9-13(19-2)14(11)17/h3-9,17H,1-2H3,(H,16,18). The van der Waals surface area contributed by atoms with Crippen LogP contribution in [0.25, 0.3) is 0 Å². The van der Waals surface area contributed by atoms with Crippen molar-refractivity contribution < 1.29 is 14.6 Å². The molecule has 4 heteroatoms. The van der Waals surface area contributed by atoms with Crippen LogP contribution in [-0.2, 0) is 0 Å². The zero-order chi connectivity index (χ0) is 13.8. The van der Waals surface area contributed by atoms with E-state index in [9.17, 15) is 9.90 Å². The minimum Gasteiger partial charge on any atom is -0.504 e. The Hall–Kier alpha value is -2.49. The third-order valence-electron chi connectivity index (χ3n) is 2.86. The van der Waals surface area contributed by atoms with Crippen molar-refractivity contribution in [2.24, 2.45) is 0 Å². The predicted molar refractivity (Wildman–Crippen MR) is 73.8 cm³/mol. The Balaban J connectivity index is 2.28. The Morgan fingerprint density at radius 3 is 2.58 bits per heavy atom. The van der Waals surface area contributed by atoms with Gasteiger partial charge >= 0.3 is 0 Å². The molecule has 0 saturated heterocycles. The first-order chi connectivity index (χ1) is 9.13. The first-order valence-electron chi connectivity index (χ1n) is 5.86. The summed E-state index contributed by atoms with van der Waals surface area (Å²) in [5.41, 5.74) is 1.86. The number of methoxy groups -OCH3 is 1. The molecule has 0 saturated carbocycles. The lowest BCUT2D eigenvalue weighted by molar-refractivity contribution is 0.102. The van der Waals surface area contributed by atoms with E-state index in [1.807, 2.05) is 31.2 Å². The van der Waals surface area contributed by atoms with Crippen molar-refractivity contribution in [3.05, 3.63) is 53.6 Å². The van der Waals surface area contributed by atoms with Crippen molar-refractivity contribution >= 4 is 11.6 Å². The number of hydrogen-bond donors (Lipinski definition) is 2. The van der Waals surface area contributed by atoms with Gasteiger partial charge in [-0.15, -0.1) is 0 Å². The Labute approximate surface area is 111 Å². The molecule has 0 aliphatic carbocycles. The molecule has 2 rings (SSSR count). The van der Waals surface area contributed by atoms with Gasteiger partial charge in [0, 0.05) is 5.69 Å². The molecule has 0 bridgehead atoms. The smallest absolute Gasteiger partial charge is 0.259 e. The van der Waals surface area contributed by atoms with E-state index in [0.29, 0.717) is 0 Å². The first kappa shape index (κ1) is 13.0. The topological polar surface area (TPSA) is 58.6 Å². The Kier molecular flexibility index (Phi) is 3.71. The summed E-state index contributed by atoms with van der Waals surface area (Å²) in [6.07, 6.45) is 0. The summed E-state index contributed by atoms with van der Waals surface area (Å²) in [4.78, 5) is 12.1. The molecule has 0 atom stereocenters. The van der Waals surface area contributed by atoms with Crippen LogP contribution >= 0.6 is 0 Å². The number of rotatable bonds is 3. The summed E-state index contributed by atoms with van der Waals surface area (Å²) < 4.78 is 4.98. The molecule has 2 aromatic carbocycles. The number of nitrogens with one attached hydrogen (secondary N) is 1. The number of aromatic hydroxyl groups is 1. The minimum absolute atomic E-state index is 0.156. The van der Waals surface area contributed by atoms with Crippen LogP contribution in [0.2, 0.25) is 0 Å². The molecule has 0 unspecified atom stereocenters. The van der Waals surface area contributed by atoms with Crippen LogP contribution < -0.4 is 10.1 Å². The second kappa shape index (κ2) is 5.44. The zero-order valence-electron chi connectivity index (χ0n) is 10.8. The Bertz CT molecular complexity index is 608. The fraction of sp³-hybridized carbons (Fsp3) is 0.133. The van der Waals surface area contributed by atoms with Gasteiger partial charge in [-0.3, -0.25) is 4.79 Å². The number of carbonyl (C=O) groups is 1. The fourth-order valence-electron chi connectivity index (χ4n) is 1.77. The van der Waals surface area contributed by atoms with Crippen LogP contribution in [0.4, 0.5) is 5.69 Å². The van der Waals surface area contributed by atoms with Gasteiger partial charge in [0.25, 0.3) is 5.91 Å². The summed E-state index contributed by atoms with van der Waals surface area (Å²) in [6.45, 7) is 1.90. The van der Waals surface area contributed by atoms with Crippen LogP contribution in [-0.4, -0.2) is 18.1 Å². The Morgan fingerprint density at radius 2 is 1.89 bits per heavy atom. The monoisotopic (exact) mass is 257 g/mol. The highest BCUT2D eigenvalue weighted by Gasteiger charge is 2.15. The lowest BCUT2D eigenvalue weighted by Gasteiger charge is -2.10. The van der Waals surface area contributed by atoms with E-state index in [-0.39, 0.29) is 23.0 Å². The molecule has 0 spiro atoms. The number of phenolic OH excluding ortho intramolecular Hbond substituents is 1. The van der Waals surface area contributed by atoms with Gasteiger partial charge in [0.1, 0.15) is 0 Å². The molecule has 2 aromatic rings. The number of benzene rings is 2. The van der Waals surface area contributed by atoms with Crippen LogP contribution in [0.5, 0.6) is 11.5 Å². The third kappa shape index (κ3) is 2.68. The van der Waals surface area contributed by atoms with E-state index in [1.54, 1.807) is 18.2 Å². The van der Waals surface area contributed by atoms with E-state index in [0.717, 1.165) is 11.3 Å². The van der Waals surface area contributed by atoms with Crippen LogP contribution in [0.15, 0.2) is 42.5 Å². The molecule has 0 aliphatic rings. The van der Waals surface area contributed by atoms with Gasteiger partial charge in [0.05, 0.1) is 12.7 Å². The number of carbonyl (C=O) groups excluding carboxylic acids is 1. The van der Waals surface area contributed by atoms with Gasteiger partial charge in [-0.1, -0.05) is 24.3 Å².